The topological polar surface area (TPSA) is 83.1 Å². The summed E-state index contributed by atoms with van der Waals surface area (Å²) in [6.45, 7) is 23.7. The normalized spacial score (nSPS) is 13.1. The van der Waals surface area contributed by atoms with Crippen molar-refractivity contribution < 1.29 is 39.8 Å². The Hall–Kier alpha value is 0.849. The molecule has 0 atom stereocenters. The molecule has 0 fully saturated rings. The van der Waals surface area contributed by atoms with E-state index < -0.39 is 41.1 Å². The van der Waals surface area contributed by atoms with Crippen molar-refractivity contribution in [3.63, 3.8) is 0 Å². The van der Waals surface area contributed by atoms with Crippen molar-refractivity contribution in [1.82, 2.24) is 0 Å². The Balaban J connectivity index is 5.51. The summed E-state index contributed by atoms with van der Waals surface area (Å²) in [6, 6.07) is 2.62. The molecule has 0 aromatic carbocycles. The first-order valence-corrected chi connectivity index (χ1v) is 25.6. The SMILES string of the molecule is CCO[Si](CCC[As](CCC[Si](OCC)(OCC)OCC)CCC[Si](OCC)(OCC)OCC)(OCC)OCC. The first-order valence-electron chi connectivity index (χ1n) is 15.8. The number of rotatable bonds is 30. The van der Waals surface area contributed by atoms with Crippen LogP contribution in [0.5, 0.6) is 0 Å². The van der Waals surface area contributed by atoms with Gasteiger partial charge in [-0.15, -0.1) is 0 Å². The zero-order valence-electron chi connectivity index (χ0n) is 27.3. The quantitative estimate of drug-likeness (QED) is 0.0757. The van der Waals surface area contributed by atoms with E-state index in [1.165, 1.54) is 15.6 Å². The standard InChI is InChI=1S/C27H63AsO9Si3/c1-10-29-38(30-11-2,31-12-3)25-19-22-28(23-20-26-39(32-13-4,33-14-5)34-15-6)24-21-27-40(35-16-7,36-17-8)37-18-9/h10-27H2,1-9H3. The first kappa shape index (κ1) is 40.8. The van der Waals surface area contributed by atoms with E-state index in [1.54, 1.807) is 0 Å². The second kappa shape index (κ2) is 25.2. The van der Waals surface area contributed by atoms with Crippen LogP contribution in [0.15, 0.2) is 0 Å². The predicted molar refractivity (Wildman–Crippen MR) is 170 cm³/mol. The molecule has 0 saturated carbocycles. The molecule has 0 bridgehead atoms. The van der Waals surface area contributed by atoms with Crippen molar-refractivity contribution in [2.75, 3.05) is 59.5 Å². The Morgan fingerprint density at radius 1 is 0.325 bits per heavy atom. The van der Waals surface area contributed by atoms with E-state index in [1.807, 2.05) is 62.3 Å². The van der Waals surface area contributed by atoms with Gasteiger partial charge in [0.05, 0.1) is 0 Å². The third kappa shape index (κ3) is 16.6. The van der Waals surface area contributed by atoms with E-state index >= 15 is 0 Å². The van der Waals surface area contributed by atoms with Crippen LogP contribution < -0.4 is 0 Å². The maximum atomic E-state index is 6.13. The summed E-state index contributed by atoms with van der Waals surface area (Å²) in [7, 11) is -7.90. The fraction of sp³-hybridized carbons (Fsp3) is 1.00. The van der Waals surface area contributed by atoms with Crippen LogP contribution in [0.4, 0.5) is 0 Å². The van der Waals surface area contributed by atoms with Crippen LogP contribution in [-0.4, -0.2) is 101 Å². The maximum absolute atomic E-state index is 6.13. The van der Waals surface area contributed by atoms with E-state index in [9.17, 15) is 0 Å². The Labute approximate surface area is 255 Å². The van der Waals surface area contributed by atoms with Crippen LogP contribution in [0, 0.1) is 0 Å². The monoisotopic (exact) mass is 690 g/mol. The molecule has 13 heteroatoms. The van der Waals surface area contributed by atoms with Crippen LogP contribution in [0.25, 0.3) is 0 Å². The minimum absolute atomic E-state index is 0.617. The van der Waals surface area contributed by atoms with Crippen molar-refractivity contribution in [3.8, 4) is 0 Å². The van der Waals surface area contributed by atoms with Gasteiger partial charge >= 0.3 is 256 Å². The molecule has 9 nitrogen and oxygen atoms in total. The molecule has 0 aliphatic rings. The Morgan fingerprint density at radius 2 is 0.500 bits per heavy atom. The zero-order valence-corrected chi connectivity index (χ0v) is 32.2. The van der Waals surface area contributed by atoms with Gasteiger partial charge in [-0.25, -0.2) is 0 Å². The third-order valence-electron chi connectivity index (χ3n) is 6.15. The summed E-state index contributed by atoms with van der Waals surface area (Å²) < 4.78 is 55.2. The molecule has 0 amide bonds. The van der Waals surface area contributed by atoms with Gasteiger partial charge in [0.25, 0.3) is 0 Å². The van der Waals surface area contributed by atoms with Gasteiger partial charge in [-0.05, 0) is 0 Å². The van der Waals surface area contributed by atoms with E-state index in [2.05, 4.69) is 0 Å². The molecule has 0 saturated heterocycles. The van der Waals surface area contributed by atoms with Crippen molar-refractivity contribution in [3.05, 3.63) is 0 Å². The fourth-order valence-electron chi connectivity index (χ4n) is 4.90. The molecule has 0 rings (SSSR count). The molecule has 0 spiro atoms. The van der Waals surface area contributed by atoms with Crippen LogP contribution in [0.1, 0.15) is 81.6 Å². The van der Waals surface area contributed by atoms with Gasteiger partial charge in [-0.3, -0.25) is 0 Å². The van der Waals surface area contributed by atoms with Crippen molar-refractivity contribution in [2.45, 2.75) is 115 Å². The van der Waals surface area contributed by atoms with Gasteiger partial charge in [0, 0.05) is 0 Å². The average molecular weight is 691 g/mol. The molecule has 0 aliphatic heterocycles. The molecule has 0 unspecified atom stereocenters. The molecule has 0 aromatic heterocycles. The van der Waals surface area contributed by atoms with Crippen LogP contribution in [0.2, 0.25) is 33.8 Å². The van der Waals surface area contributed by atoms with Gasteiger partial charge in [0.1, 0.15) is 0 Å². The van der Waals surface area contributed by atoms with E-state index in [4.69, 9.17) is 39.8 Å². The second-order valence-electron chi connectivity index (χ2n) is 9.10. The molecule has 0 aliphatic carbocycles. The molecule has 0 N–H and O–H groups in total. The number of hydrogen-bond donors (Lipinski definition) is 0. The van der Waals surface area contributed by atoms with E-state index in [0.29, 0.717) is 59.5 Å². The first-order chi connectivity index (χ1) is 19.3. The summed E-state index contributed by atoms with van der Waals surface area (Å²) in [5.41, 5.74) is 0. The fourth-order valence-corrected chi connectivity index (χ4v) is 19.9. The molecule has 0 radical (unpaired) electrons. The van der Waals surface area contributed by atoms with Crippen LogP contribution >= 0.6 is 0 Å². The van der Waals surface area contributed by atoms with Gasteiger partial charge in [-0.2, -0.15) is 0 Å². The van der Waals surface area contributed by atoms with Gasteiger partial charge in [0.15, 0.2) is 0 Å². The molecular formula is C27H63AsO9Si3. The Morgan fingerprint density at radius 3 is 0.650 bits per heavy atom. The van der Waals surface area contributed by atoms with E-state index in [-0.39, 0.29) is 0 Å². The molecule has 242 valence electrons. The number of hydrogen-bond acceptors (Lipinski definition) is 9. The van der Waals surface area contributed by atoms with Crippen LogP contribution in [-0.2, 0) is 39.8 Å². The molecule has 0 heterocycles. The zero-order chi connectivity index (χ0) is 30.2. The Kier molecular flexibility index (Phi) is 25.7. The average Bonchev–Trinajstić information content (AvgIpc) is 2.90. The van der Waals surface area contributed by atoms with Crippen molar-refractivity contribution in [2.24, 2.45) is 0 Å². The summed E-state index contributed by atoms with van der Waals surface area (Å²) in [6.07, 6.45) is 3.21. The molecular weight excluding hydrogens is 627 g/mol. The minimum atomic E-state index is -2.63. The van der Waals surface area contributed by atoms with Crippen molar-refractivity contribution in [1.29, 1.82) is 0 Å². The second-order valence-corrected chi connectivity index (χ2v) is 22.9. The molecule has 40 heavy (non-hydrogen) atoms. The summed E-state index contributed by atoms with van der Waals surface area (Å²) in [4.78, 5) is 0. The van der Waals surface area contributed by atoms with Gasteiger partial charge < -0.3 is 0 Å². The molecule has 0 aromatic rings. The third-order valence-corrected chi connectivity index (χ3v) is 21.6. The van der Waals surface area contributed by atoms with E-state index in [0.717, 1.165) is 37.4 Å². The summed E-state index contributed by atoms with van der Waals surface area (Å²) in [5.74, 6) is 0. The van der Waals surface area contributed by atoms with Gasteiger partial charge in [0.2, 0.25) is 0 Å². The van der Waals surface area contributed by atoms with Gasteiger partial charge in [-0.1, -0.05) is 0 Å². The van der Waals surface area contributed by atoms with Crippen molar-refractivity contribution >= 4 is 41.1 Å². The predicted octanol–water partition coefficient (Wildman–Crippen LogP) is 6.80. The Bertz CT molecular complexity index is 454. The summed E-state index contributed by atoms with van der Waals surface area (Å²) in [5, 5.41) is 3.69. The van der Waals surface area contributed by atoms with Crippen LogP contribution in [0.3, 0.4) is 0 Å². The summed E-state index contributed by atoms with van der Waals surface area (Å²) >= 11 is -1.20.